The van der Waals surface area contributed by atoms with E-state index in [-0.39, 0.29) is 23.5 Å². The summed E-state index contributed by atoms with van der Waals surface area (Å²) in [5.41, 5.74) is 4.13. The minimum Gasteiger partial charge on any atom is -0.322 e. The van der Waals surface area contributed by atoms with Gasteiger partial charge in [0.1, 0.15) is 0 Å². The van der Waals surface area contributed by atoms with Crippen LogP contribution in [0.25, 0.3) is 10.9 Å². The summed E-state index contributed by atoms with van der Waals surface area (Å²) in [7, 11) is -3.78. The zero-order chi connectivity index (χ0) is 22.7. The highest BCUT2D eigenvalue weighted by atomic mass is 32.2. The Labute approximate surface area is 188 Å². The molecule has 32 heavy (non-hydrogen) atoms. The Morgan fingerprint density at radius 2 is 1.59 bits per heavy atom. The SMILES string of the molecule is Cc1cccc(CCN(Cc2cc3ccc(C)cc3[nH]c2=O)S(=O)(=O)c2ccccc2)c1. The van der Waals surface area contributed by atoms with E-state index < -0.39 is 10.0 Å². The van der Waals surface area contributed by atoms with Crippen molar-refractivity contribution < 1.29 is 8.42 Å². The van der Waals surface area contributed by atoms with Crippen LogP contribution in [0.2, 0.25) is 0 Å². The van der Waals surface area contributed by atoms with Gasteiger partial charge in [-0.3, -0.25) is 4.79 Å². The fourth-order valence-electron chi connectivity index (χ4n) is 3.81. The van der Waals surface area contributed by atoms with Crippen LogP contribution >= 0.6 is 0 Å². The lowest BCUT2D eigenvalue weighted by Crippen LogP contribution is -2.34. The predicted molar refractivity (Wildman–Crippen MR) is 128 cm³/mol. The van der Waals surface area contributed by atoms with Gasteiger partial charge in [-0.15, -0.1) is 0 Å². The highest BCUT2D eigenvalue weighted by Crippen LogP contribution is 2.20. The number of rotatable bonds is 7. The first-order chi connectivity index (χ1) is 15.3. The van der Waals surface area contributed by atoms with Gasteiger partial charge in [0, 0.05) is 24.2 Å². The van der Waals surface area contributed by atoms with Crippen molar-refractivity contribution >= 4 is 20.9 Å². The van der Waals surface area contributed by atoms with Gasteiger partial charge in [-0.25, -0.2) is 8.42 Å². The average Bonchev–Trinajstić information content (AvgIpc) is 2.77. The number of aryl methyl sites for hydroxylation is 2. The van der Waals surface area contributed by atoms with E-state index in [1.165, 1.54) is 4.31 Å². The number of H-pyrrole nitrogens is 1. The number of aromatic nitrogens is 1. The van der Waals surface area contributed by atoms with E-state index in [1.807, 2.05) is 50.2 Å². The van der Waals surface area contributed by atoms with Crippen LogP contribution in [-0.2, 0) is 23.0 Å². The molecule has 164 valence electrons. The lowest BCUT2D eigenvalue weighted by molar-refractivity contribution is 0.408. The molecule has 0 radical (unpaired) electrons. The summed E-state index contributed by atoms with van der Waals surface area (Å²) in [6.07, 6.45) is 0.554. The molecular weight excluding hydrogens is 420 g/mol. The van der Waals surface area contributed by atoms with E-state index >= 15 is 0 Å². The molecule has 1 N–H and O–H groups in total. The first-order valence-corrected chi connectivity index (χ1v) is 12.0. The number of hydrogen-bond acceptors (Lipinski definition) is 3. The van der Waals surface area contributed by atoms with Crippen molar-refractivity contribution in [2.24, 2.45) is 0 Å². The average molecular weight is 447 g/mol. The van der Waals surface area contributed by atoms with E-state index in [0.29, 0.717) is 12.0 Å². The van der Waals surface area contributed by atoms with Gasteiger partial charge in [0.15, 0.2) is 0 Å². The van der Waals surface area contributed by atoms with Gasteiger partial charge in [-0.05, 0) is 61.0 Å². The molecule has 0 aliphatic carbocycles. The second-order valence-corrected chi connectivity index (χ2v) is 10.0. The Hall–Kier alpha value is -3.22. The van der Waals surface area contributed by atoms with Crippen molar-refractivity contribution in [2.45, 2.75) is 31.7 Å². The summed E-state index contributed by atoms with van der Waals surface area (Å²) in [5, 5.41) is 0.876. The number of fused-ring (bicyclic) bond motifs is 1. The normalized spacial score (nSPS) is 11.8. The smallest absolute Gasteiger partial charge is 0.252 e. The van der Waals surface area contributed by atoms with Crippen LogP contribution in [0.1, 0.15) is 22.3 Å². The fraction of sp³-hybridized carbons (Fsp3) is 0.192. The molecule has 4 aromatic rings. The van der Waals surface area contributed by atoms with Crippen molar-refractivity contribution in [1.29, 1.82) is 0 Å². The van der Waals surface area contributed by atoms with Crippen LogP contribution < -0.4 is 5.56 Å². The molecule has 0 aliphatic heterocycles. The third-order valence-electron chi connectivity index (χ3n) is 5.54. The Morgan fingerprint density at radius 3 is 2.34 bits per heavy atom. The number of hydrogen-bond donors (Lipinski definition) is 1. The van der Waals surface area contributed by atoms with E-state index in [4.69, 9.17) is 0 Å². The lowest BCUT2D eigenvalue weighted by Gasteiger charge is -2.22. The molecule has 0 saturated heterocycles. The largest absolute Gasteiger partial charge is 0.322 e. The Bertz CT molecular complexity index is 1410. The van der Waals surface area contributed by atoms with Crippen LogP contribution in [-0.4, -0.2) is 24.3 Å². The molecular formula is C26H26N2O3S. The predicted octanol–water partition coefficient (Wildman–Crippen LogP) is 4.58. The van der Waals surface area contributed by atoms with Gasteiger partial charge in [-0.2, -0.15) is 4.31 Å². The van der Waals surface area contributed by atoms with Crippen LogP contribution in [0.3, 0.4) is 0 Å². The molecule has 0 saturated carbocycles. The van der Waals surface area contributed by atoms with E-state index in [1.54, 1.807) is 36.4 Å². The molecule has 1 heterocycles. The Kier molecular flexibility index (Phi) is 6.26. The minimum atomic E-state index is -3.78. The molecule has 4 rings (SSSR count). The van der Waals surface area contributed by atoms with Gasteiger partial charge < -0.3 is 4.98 Å². The van der Waals surface area contributed by atoms with Gasteiger partial charge in [-0.1, -0.05) is 60.2 Å². The summed E-state index contributed by atoms with van der Waals surface area (Å²) in [4.78, 5) is 15.9. The maximum absolute atomic E-state index is 13.5. The maximum atomic E-state index is 13.5. The van der Waals surface area contributed by atoms with Crippen molar-refractivity contribution in [3.05, 3.63) is 111 Å². The van der Waals surface area contributed by atoms with Crippen molar-refractivity contribution in [3.63, 3.8) is 0 Å². The zero-order valence-corrected chi connectivity index (χ0v) is 19.0. The molecule has 0 bridgehead atoms. The van der Waals surface area contributed by atoms with Crippen LogP contribution in [0.15, 0.2) is 88.6 Å². The topological polar surface area (TPSA) is 70.2 Å². The molecule has 0 amide bonds. The van der Waals surface area contributed by atoms with E-state index in [0.717, 1.165) is 27.6 Å². The summed E-state index contributed by atoms with van der Waals surface area (Å²) >= 11 is 0. The zero-order valence-electron chi connectivity index (χ0n) is 18.2. The summed E-state index contributed by atoms with van der Waals surface area (Å²) < 4.78 is 28.3. The van der Waals surface area contributed by atoms with Crippen molar-refractivity contribution in [3.8, 4) is 0 Å². The first kappa shape index (κ1) is 22.0. The van der Waals surface area contributed by atoms with Crippen molar-refractivity contribution in [1.82, 2.24) is 9.29 Å². The third kappa shape index (κ3) is 4.82. The Balaban J connectivity index is 1.70. The molecule has 0 aliphatic rings. The lowest BCUT2D eigenvalue weighted by atomic mass is 10.1. The second kappa shape index (κ2) is 9.10. The number of nitrogens with one attached hydrogen (secondary N) is 1. The number of pyridine rings is 1. The quantitative estimate of drug-likeness (QED) is 0.452. The van der Waals surface area contributed by atoms with E-state index in [9.17, 15) is 13.2 Å². The minimum absolute atomic E-state index is 0.00218. The second-order valence-electron chi connectivity index (χ2n) is 8.11. The number of aromatic amines is 1. The molecule has 0 unspecified atom stereocenters. The Morgan fingerprint density at radius 1 is 0.844 bits per heavy atom. The summed E-state index contributed by atoms with van der Waals surface area (Å²) in [5.74, 6) is 0. The van der Waals surface area contributed by atoms with Gasteiger partial charge in [0.25, 0.3) is 5.56 Å². The fourth-order valence-corrected chi connectivity index (χ4v) is 5.25. The number of sulfonamides is 1. The number of nitrogens with zero attached hydrogens (tertiary/aromatic N) is 1. The molecule has 5 nitrogen and oxygen atoms in total. The van der Waals surface area contributed by atoms with Crippen LogP contribution in [0.5, 0.6) is 0 Å². The van der Waals surface area contributed by atoms with Gasteiger partial charge in [0.05, 0.1) is 4.90 Å². The van der Waals surface area contributed by atoms with Crippen molar-refractivity contribution in [2.75, 3.05) is 6.54 Å². The molecule has 0 atom stereocenters. The summed E-state index contributed by atoms with van der Waals surface area (Å²) in [6.45, 7) is 4.25. The first-order valence-electron chi connectivity index (χ1n) is 10.6. The summed E-state index contributed by atoms with van der Waals surface area (Å²) in [6, 6.07) is 24.0. The van der Waals surface area contributed by atoms with E-state index in [2.05, 4.69) is 11.1 Å². The van der Waals surface area contributed by atoms with Gasteiger partial charge >= 0.3 is 0 Å². The molecule has 0 fully saturated rings. The standard InChI is InChI=1S/C26H26N2O3S/c1-19-7-6-8-21(15-19)13-14-28(32(30,31)24-9-4-3-5-10-24)18-23-17-22-12-11-20(2)16-25(22)27-26(23)29/h3-12,15-17H,13-14,18H2,1-2H3,(H,27,29). The molecule has 0 spiro atoms. The highest BCUT2D eigenvalue weighted by molar-refractivity contribution is 7.89. The monoisotopic (exact) mass is 446 g/mol. The maximum Gasteiger partial charge on any atom is 0.252 e. The third-order valence-corrected chi connectivity index (χ3v) is 7.40. The van der Waals surface area contributed by atoms with Crippen LogP contribution in [0, 0.1) is 13.8 Å². The number of benzene rings is 3. The van der Waals surface area contributed by atoms with Crippen LogP contribution in [0.4, 0.5) is 0 Å². The molecule has 3 aromatic carbocycles. The van der Waals surface area contributed by atoms with Gasteiger partial charge in [0.2, 0.25) is 10.0 Å². The molecule has 1 aromatic heterocycles. The molecule has 6 heteroatoms. The highest BCUT2D eigenvalue weighted by Gasteiger charge is 2.25.